The Morgan fingerprint density at radius 3 is 1.20 bits per heavy atom. The molecule has 0 fully saturated rings. The van der Waals surface area contributed by atoms with Gasteiger partial charge in [0.05, 0.1) is 0 Å². The molecule has 2 aliphatic heterocycles. The molecule has 0 aromatic heterocycles. The smallest absolute Gasteiger partial charge is 0.0106 e. The van der Waals surface area contributed by atoms with Gasteiger partial charge in [-0.15, -0.1) is 24.0 Å². The molecule has 0 aromatic rings. The highest BCUT2D eigenvalue weighted by molar-refractivity contribution is 14.0. The van der Waals surface area contributed by atoms with Crippen LogP contribution in [0.25, 0.3) is 0 Å². The summed E-state index contributed by atoms with van der Waals surface area (Å²) in [6.07, 6.45) is 16.7. The summed E-state index contributed by atoms with van der Waals surface area (Å²) < 4.78 is 0. The Morgan fingerprint density at radius 1 is 0.667 bits per heavy atom. The first-order chi connectivity index (χ1) is 6.75. The normalized spacial score (nSPS) is 18.5. The molecule has 0 aliphatic carbocycles. The van der Waals surface area contributed by atoms with E-state index in [-0.39, 0.29) is 24.0 Å². The molecule has 0 aromatic carbocycles. The molecule has 0 unspecified atom stereocenters. The molecule has 0 saturated heterocycles. The SMILES string of the molecule is CN1C=CC(=C2C=CN(C)C=C2)C=C1.I. The topological polar surface area (TPSA) is 6.48 Å². The van der Waals surface area contributed by atoms with E-state index in [9.17, 15) is 0 Å². The largest absolute Gasteiger partial charge is 0.357 e. The van der Waals surface area contributed by atoms with Gasteiger partial charge in [0.25, 0.3) is 0 Å². The lowest BCUT2D eigenvalue weighted by Gasteiger charge is -2.16. The Balaban J connectivity index is 0.00000112. The zero-order chi connectivity index (χ0) is 9.97. The maximum Gasteiger partial charge on any atom is 0.0106 e. The molecular formula is C12H15IN2. The summed E-state index contributed by atoms with van der Waals surface area (Å²) in [4.78, 5) is 4.07. The standard InChI is InChI=1S/C12H14N2.HI/c1-13-7-3-11(4-8-13)12-5-9-14(2)10-6-12;/h3-10H,1-2H3;1H. The maximum atomic E-state index is 2.12. The summed E-state index contributed by atoms with van der Waals surface area (Å²) in [5, 5.41) is 0. The van der Waals surface area contributed by atoms with E-state index in [1.165, 1.54) is 11.1 Å². The van der Waals surface area contributed by atoms with Gasteiger partial charge in [0.1, 0.15) is 0 Å². The van der Waals surface area contributed by atoms with Crippen LogP contribution in [-0.4, -0.2) is 23.9 Å². The van der Waals surface area contributed by atoms with E-state index in [1.807, 2.05) is 23.9 Å². The first-order valence-corrected chi connectivity index (χ1v) is 4.67. The number of hydrogen-bond donors (Lipinski definition) is 0. The van der Waals surface area contributed by atoms with Gasteiger partial charge in [-0.2, -0.15) is 0 Å². The molecule has 0 radical (unpaired) electrons. The third-order valence-electron chi connectivity index (χ3n) is 2.29. The molecule has 2 rings (SSSR count). The van der Waals surface area contributed by atoms with Crippen LogP contribution in [0.15, 0.2) is 60.3 Å². The van der Waals surface area contributed by atoms with Gasteiger partial charge >= 0.3 is 0 Å². The second-order valence-corrected chi connectivity index (χ2v) is 3.50. The van der Waals surface area contributed by atoms with E-state index in [2.05, 4.69) is 49.1 Å². The summed E-state index contributed by atoms with van der Waals surface area (Å²) in [6, 6.07) is 0. The zero-order valence-electron chi connectivity index (χ0n) is 8.92. The Labute approximate surface area is 108 Å². The molecule has 2 aliphatic rings. The lowest BCUT2D eigenvalue weighted by atomic mass is 10.1. The van der Waals surface area contributed by atoms with Crippen molar-refractivity contribution >= 4 is 24.0 Å². The van der Waals surface area contributed by atoms with Crippen molar-refractivity contribution in [2.75, 3.05) is 14.1 Å². The van der Waals surface area contributed by atoms with Gasteiger partial charge in [-0.05, 0) is 35.5 Å². The van der Waals surface area contributed by atoms with Gasteiger partial charge < -0.3 is 9.80 Å². The molecule has 3 heteroatoms. The highest BCUT2D eigenvalue weighted by Gasteiger charge is 2.02. The monoisotopic (exact) mass is 314 g/mol. The Morgan fingerprint density at radius 2 is 0.933 bits per heavy atom. The average Bonchev–Trinajstić information content (AvgIpc) is 2.21. The van der Waals surface area contributed by atoms with Crippen LogP contribution in [0, 0.1) is 0 Å². The van der Waals surface area contributed by atoms with E-state index in [0.717, 1.165) is 0 Å². The van der Waals surface area contributed by atoms with Crippen molar-refractivity contribution in [3.63, 3.8) is 0 Å². The Bertz CT molecular complexity index is 307. The van der Waals surface area contributed by atoms with Crippen LogP contribution < -0.4 is 0 Å². The molecule has 0 saturated carbocycles. The van der Waals surface area contributed by atoms with Crippen LogP contribution in [0.3, 0.4) is 0 Å². The summed E-state index contributed by atoms with van der Waals surface area (Å²) in [5.74, 6) is 0. The fourth-order valence-corrected chi connectivity index (χ4v) is 1.39. The van der Waals surface area contributed by atoms with E-state index in [4.69, 9.17) is 0 Å². The number of nitrogens with zero attached hydrogens (tertiary/aromatic N) is 2. The van der Waals surface area contributed by atoms with Crippen molar-refractivity contribution in [3.8, 4) is 0 Å². The van der Waals surface area contributed by atoms with Gasteiger partial charge in [-0.25, -0.2) is 0 Å². The molecule has 2 heterocycles. The van der Waals surface area contributed by atoms with Gasteiger partial charge in [0.2, 0.25) is 0 Å². The zero-order valence-corrected chi connectivity index (χ0v) is 11.3. The third-order valence-corrected chi connectivity index (χ3v) is 2.29. The van der Waals surface area contributed by atoms with Gasteiger partial charge in [-0.1, -0.05) is 0 Å². The fourth-order valence-electron chi connectivity index (χ4n) is 1.39. The highest BCUT2D eigenvalue weighted by atomic mass is 127. The number of halogens is 1. The molecule has 0 N–H and O–H groups in total. The first-order valence-electron chi connectivity index (χ1n) is 4.67. The summed E-state index contributed by atoms with van der Waals surface area (Å²) in [5.41, 5.74) is 2.51. The van der Waals surface area contributed by atoms with E-state index in [0.29, 0.717) is 0 Å². The van der Waals surface area contributed by atoms with Gasteiger partial charge in [0.15, 0.2) is 0 Å². The van der Waals surface area contributed by atoms with Gasteiger partial charge in [-0.3, -0.25) is 0 Å². The van der Waals surface area contributed by atoms with Crippen molar-refractivity contribution in [2.45, 2.75) is 0 Å². The Hall–Kier alpha value is -0.970. The molecule has 15 heavy (non-hydrogen) atoms. The maximum absolute atomic E-state index is 2.12. The molecule has 0 spiro atoms. The first kappa shape index (κ1) is 12.1. The minimum absolute atomic E-state index is 0. The number of allylic oxidation sites excluding steroid dienone is 6. The van der Waals surface area contributed by atoms with E-state index >= 15 is 0 Å². The lowest BCUT2D eigenvalue weighted by Crippen LogP contribution is -2.06. The molecule has 0 atom stereocenters. The van der Waals surface area contributed by atoms with Crippen LogP contribution in [0.2, 0.25) is 0 Å². The predicted octanol–water partition coefficient (Wildman–Crippen LogP) is 2.85. The minimum Gasteiger partial charge on any atom is -0.357 e. The molecule has 0 amide bonds. The van der Waals surface area contributed by atoms with Crippen LogP contribution in [0.1, 0.15) is 0 Å². The minimum atomic E-state index is 0. The summed E-state index contributed by atoms with van der Waals surface area (Å²) in [6.45, 7) is 0. The molecule has 0 bridgehead atoms. The van der Waals surface area contributed by atoms with Crippen LogP contribution >= 0.6 is 24.0 Å². The van der Waals surface area contributed by atoms with E-state index in [1.54, 1.807) is 0 Å². The second-order valence-electron chi connectivity index (χ2n) is 3.50. The van der Waals surface area contributed by atoms with E-state index < -0.39 is 0 Å². The number of hydrogen-bond acceptors (Lipinski definition) is 2. The molecule has 2 nitrogen and oxygen atoms in total. The quantitative estimate of drug-likeness (QED) is 0.635. The third kappa shape index (κ3) is 2.99. The van der Waals surface area contributed by atoms with Gasteiger partial charge in [0, 0.05) is 38.9 Å². The fraction of sp³-hybridized carbons (Fsp3) is 0.167. The van der Waals surface area contributed by atoms with Crippen molar-refractivity contribution in [2.24, 2.45) is 0 Å². The lowest BCUT2D eigenvalue weighted by molar-refractivity contribution is 0.616. The molecule has 80 valence electrons. The molecular weight excluding hydrogens is 299 g/mol. The van der Waals surface area contributed by atoms with Crippen LogP contribution in [0.4, 0.5) is 0 Å². The van der Waals surface area contributed by atoms with Crippen molar-refractivity contribution in [3.05, 3.63) is 60.3 Å². The van der Waals surface area contributed by atoms with Crippen LogP contribution in [-0.2, 0) is 0 Å². The van der Waals surface area contributed by atoms with Crippen molar-refractivity contribution in [1.82, 2.24) is 9.80 Å². The van der Waals surface area contributed by atoms with Crippen molar-refractivity contribution in [1.29, 1.82) is 0 Å². The number of rotatable bonds is 0. The van der Waals surface area contributed by atoms with Crippen LogP contribution in [0.5, 0.6) is 0 Å². The summed E-state index contributed by atoms with van der Waals surface area (Å²) >= 11 is 0. The second kappa shape index (κ2) is 5.21. The predicted molar refractivity (Wildman–Crippen MR) is 74.5 cm³/mol. The Kier molecular flexibility index (Phi) is 4.20. The summed E-state index contributed by atoms with van der Waals surface area (Å²) in [7, 11) is 4.05. The highest BCUT2D eigenvalue weighted by Crippen LogP contribution is 2.18. The van der Waals surface area contributed by atoms with Crippen molar-refractivity contribution < 1.29 is 0 Å². The average molecular weight is 314 g/mol.